The van der Waals surface area contributed by atoms with Crippen molar-refractivity contribution in [3.63, 3.8) is 0 Å². The minimum absolute atomic E-state index is 0.126. The minimum Gasteiger partial charge on any atom is -0.466 e. The van der Waals surface area contributed by atoms with E-state index in [9.17, 15) is 4.79 Å². The van der Waals surface area contributed by atoms with Crippen molar-refractivity contribution < 1.29 is 18.8 Å². The quantitative estimate of drug-likeness (QED) is 0.618. The second-order valence-corrected chi connectivity index (χ2v) is 7.17. The summed E-state index contributed by atoms with van der Waals surface area (Å²) >= 11 is 0. The van der Waals surface area contributed by atoms with E-state index in [-0.39, 0.29) is 30.2 Å². The molecule has 1 fully saturated rings. The largest absolute Gasteiger partial charge is 0.494 e. The monoisotopic (exact) mass is 318 g/mol. The van der Waals surface area contributed by atoms with Gasteiger partial charge in [0.1, 0.15) is 0 Å². The van der Waals surface area contributed by atoms with Crippen molar-refractivity contribution in [2.75, 3.05) is 6.61 Å². The van der Waals surface area contributed by atoms with Gasteiger partial charge in [0.05, 0.1) is 24.2 Å². The van der Waals surface area contributed by atoms with Gasteiger partial charge in [0.25, 0.3) is 0 Å². The molecule has 4 nitrogen and oxygen atoms in total. The molecule has 1 saturated heterocycles. The molecule has 126 valence electrons. The van der Waals surface area contributed by atoms with E-state index in [1.807, 2.05) is 65.8 Å². The van der Waals surface area contributed by atoms with Crippen LogP contribution in [0.2, 0.25) is 0 Å². The van der Waals surface area contributed by atoms with Crippen molar-refractivity contribution in [2.24, 2.45) is 0 Å². The molecule has 0 bridgehead atoms. The van der Waals surface area contributed by atoms with Gasteiger partial charge in [-0.2, -0.15) is 0 Å². The van der Waals surface area contributed by atoms with Crippen LogP contribution in [0.15, 0.2) is 24.3 Å². The summed E-state index contributed by atoms with van der Waals surface area (Å²) in [6.45, 7) is 12.5. The zero-order valence-corrected chi connectivity index (χ0v) is 15.0. The van der Waals surface area contributed by atoms with Crippen LogP contribution in [0.5, 0.6) is 0 Å². The van der Waals surface area contributed by atoms with Gasteiger partial charge in [0, 0.05) is 0 Å². The van der Waals surface area contributed by atoms with E-state index in [0.717, 1.165) is 11.0 Å². The summed E-state index contributed by atoms with van der Waals surface area (Å²) in [5.74, 6) is -0.0311. The summed E-state index contributed by atoms with van der Waals surface area (Å²) in [6.07, 6.45) is 0.393. The van der Waals surface area contributed by atoms with Crippen LogP contribution in [0.4, 0.5) is 0 Å². The Balaban J connectivity index is 2.04. The lowest BCUT2D eigenvalue weighted by molar-refractivity contribution is -0.143. The highest BCUT2D eigenvalue weighted by Gasteiger charge is 2.51. The Bertz CT molecular complexity index is 535. The van der Waals surface area contributed by atoms with Crippen LogP contribution in [0, 0.1) is 0 Å². The maximum absolute atomic E-state index is 11.6. The number of carbonyl (C=O) groups is 1. The molecule has 0 saturated carbocycles. The number of ether oxygens (including phenoxy) is 1. The average Bonchev–Trinajstić information content (AvgIpc) is 2.68. The maximum atomic E-state index is 11.6. The molecule has 1 heterocycles. The molecule has 5 heteroatoms. The second-order valence-electron chi connectivity index (χ2n) is 7.17. The molecule has 1 aliphatic heterocycles. The number of carbonyl (C=O) groups excluding carboxylic acids is 1. The highest BCUT2D eigenvalue weighted by molar-refractivity contribution is 6.62. The summed E-state index contributed by atoms with van der Waals surface area (Å²) in [6, 6.07) is 8.09. The summed E-state index contributed by atoms with van der Waals surface area (Å²) in [5, 5.41) is 0. The number of hydrogen-bond donors (Lipinski definition) is 0. The van der Waals surface area contributed by atoms with Gasteiger partial charge in [0.15, 0.2) is 0 Å². The molecule has 2 rings (SSSR count). The lowest BCUT2D eigenvalue weighted by atomic mass is 9.78. The summed E-state index contributed by atoms with van der Waals surface area (Å²) < 4.78 is 17.1. The highest BCUT2D eigenvalue weighted by atomic mass is 16.7. The fraction of sp³-hybridized carbons (Fsp3) is 0.611. The van der Waals surface area contributed by atoms with Gasteiger partial charge < -0.3 is 14.0 Å². The lowest BCUT2D eigenvalue weighted by Gasteiger charge is -2.32. The van der Waals surface area contributed by atoms with E-state index < -0.39 is 0 Å². The van der Waals surface area contributed by atoms with E-state index in [0.29, 0.717) is 13.0 Å². The van der Waals surface area contributed by atoms with Gasteiger partial charge in [-0.15, -0.1) is 0 Å². The highest BCUT2D eigenvalue weighted by Crippen LogP contribution is 2.36. The summed E-state index contributed by atoms with van der Waals surface area (Å²) in [5.41, 5.74) is 1.43. The zero-order chi connectivity index (χ0) is 17.3. The first-order chi connectivity index (χ1) is 10.7. The molecule has 1 aliphatic rings. The molecule has 1 aromatic carbocycles. The zero-order valence-electron chi connectivity index (χ0n) is 15.0. The summed E-state index contributed by atoms with van der Waals surface area (Å²) in [7, 11) is -0.352. The Kier molecular flexibility index (Phi) is 5.22. The average molecular weight is 318 g/mol. The van der Waals surface area contributed by atoms with Crippen LogP contribution in [0.1, 0.15) is 59.4 Å². The first-order valence-corrected chi connectivity index (χ1v) is 8.27. The van der Waals surface area contributed by atoms with Gasteiger partial charge in [-0.25, -0.2) is 0 Å². The van der Waals surface area contributed by atoms with Crippen LogP contribution in [0.25, 0.3) is 0 Å². The molecular weight excluding hydrogens is 291 g/mol. The molecule has 0 aliphatic carbocycles. The normalized spacial score (nSPS) is 20.3. The Morgan fingerprint density at radius 3 is 2.13 bits per heavy atom. The van der Waals surface area contributed by atoms with Crippen molar-refractivity contribution in [1.29, 1.82) is 0 Å². The molecule has 0 N–H and O–H groups in total. The van der Waals surface area contributed by atoms with Crippen LogP contribution >= 0.6 is 0 Å². The molecular formula is C18H27BO4. The smallest absolute Gasteiger partial charge is 0.466 e. The van der Waals surface area contributed by atoms with Crippen LogP contribution in [-0.4, -0.2) is 30.9 Å². The lowest BCUT2D eigenvalue weighted by Crippen LogP contribution is -2.41. The van der Waals surface area contributed by atoms with E-state index in [2.05, 4.69) is 0 Å². The number of hydrogen-bond acceptors (Lipinski definition) is 4. The first kappa shape index (κ1) is 18.0. The standard InChI is InChI=1S/C18H27BO4/c1-7-21-16(20)12-13(2)14-8-10-15(11-9-14)19-22-17(3,4)18(5,6)23-19/h8-11,13H,7,12H2,1-6H3. The van der Waals surface area contributed by atoms with E-state index in [1.54, 1.807) is 0 Å². The Labute approximate surface area is 139 Å². The van der Waals surface area contributed by atoms with Crippen molar-refractivity contribution in [3.05, 3.63) is 29.8 Å². The third-order valence-electron chi connectivity index (χ3n) is 4.81. The van der Waals surface area contributed by atoms with Gasteiger partial charge in [-0.1, -0.05) is 31.2 Å². The molecule has 23 heavy (non-hydrogen) atoms. The van der Waals surface area contributed by atoms with Gasteiger partial charge in [-0.3, -0.25) is 4.79 Å². The Morgan fingerprint density at radius 2 is 1.65 bits per heavy atom. The Hall–Kier alpha value is -1.33. The van der Waals surface area contributed by atoms with E-state index in [4.69, 9.17) is 14.0 Å². The molecule has 0 spiro atoms. The number of rotatable bonds is 5. The fourth-order valence-corrected chi connectivity index (χ4v) is 2.55. The maximum Gasteiger partial charge on any atom is 0.494 e. The molecule has 1 atom stereocenters. The van der Waals surface area contributed by atoms with E-state index >= 15 is 0 Å². The van der Waals surface area contributed by atoms with Crippen LogP contribution in [-0.2, 0) is 18.8 Å². The molecule has 0 amide bonds. The van der Waals surface area contributed by atoms with Crippen LogP contribution in [0.3, 0.4) is 0 Å². The number of esters is 1. The van der Waals surface area contributed by atoms with Crippen molar-refractivity contribution in [3.8, 4) is 0 Å². The predicted molar refractivity (Wildman–Crippen MR) is 91.8 cm³/mol. The molecule has 1 unspecified atom stereocenters. The Morgan fingerprint density at radius 1 is 1.13 bits per heavy atom. The third-order valence-corrected chi connectivity index (χ3v) is 4.81. The summed E-state index contributed by atoms with van der Waals surface area (Å²) in [4.78, 5) is 11.6. The first-order valence-electron chi connectivity index (χ1n) is 8.27. The van der Waals surface area contributed by atoms with Gasteiger partial charge >= 0.3 is 13.1 Å². The fourth-order valence-electron chi connectivity index (χ4n) is 2.55. The predicted octanol–water partition coefficient (Wildman–Crippen LogP) is 3.04. The van der Waals surface area contributed by atoms with Crippen molar-refractivity contribution in [2.45, 2.75) is 65.1 Å². The van der Waals surface area contributed by atoms with Crippen molar-refractivity contribution in [1.82, 2.24) is 0 Å². The van der Waals surface area contributed by atoms with E-state index in [1.165, 1.54) is 0 Å². The van der Waals surface area contributed by atoms with Gasteiger partial charge in [0.2, 0.25) is 0 Å². The molecule has 1 aromatic rings. The van der Waals surface area contributed by atoms with Crippen LogP contribution < -0.4 is 5.46 Å². The SMILES string of the molecule is CCOC(=O)CC(C)c1ccc(B2OC(C)(C)C(C)(C)O2)cc1. The van der Waals surface area contributed by atoms with Gasteiger partial charge in [-0.05, 0) is 51.6 Å². The number of benzene rings is 1. The molecule has 0 aromatic heterocycles. The molecule has 0 radical (unpaired) electrons. The topological polar surface area (TPSA) is 44.8 Å². The van der Waals surface area contributed by atoms with Crippen molar-refractivity contribution >= 4 is 18.6 Å². The minimum atomic E-state index is -0.352. The second kappa shape index (κ2) is 6.66. The third kappa shape index (κ3) is 3.96.